The van der Waals surface area contributed by atoms with Crippen LogP contribution < -0.4 is 5.32 Å². The van der Waals surface area contributed by atoms with E-state index in [1.54, 1.807) is 0 Å². The molecule has 2 aliphatic carbocycles. The van der Waals surface area contributed by atoms with Crippen LogP contribution in [0.3, 0.4) is 0 Å². The molecule has 0 aromatic carbocycles. The zero-order valence-corrected chi connectivity index (χ0v) is 12.9. The van der Waals surface area contributed by atoms with Gasteiger partial charge in [0, 0.05) is 23.4 Å². The first kappa shape index (κ1) is 13.6. The van der Waals surface area contributed by atoms with E-state index in [0.29, 0.717) is 0 Å². The average Bonchev–Trinajstić information content (AvgIpc) is 3.11. The van der Waals surface area contributed by atoms with Crippen LogP contribution in [0.15, 0.2) is 0 Å². The van der Waals surface area contributed by atoms with Crippen LogP contribution in [-0.2, 0) is 6.54 Å². The summed E-state index contributed by atoms with van der Waals surface area (Å²) in [6.07, 6.45) is 12.6. The first-order valence-corrected chi connectivity index (χ1v) is 8.84. The summed E-state index contributed by atoms with van der Waals surface area (Å²) in [6, 6.07) is 0.798. The molecule has 0 unspecified atom stereocenters. The summed E-state index contributed by atoms with van der Waals surface area (Å²) in [5.41, 5.74) is 1.27. The molecule has 3 rings (SSSR count). The molecule has 0 atom stereocenters. The van der Waals surface area contributed by atoms with E-state index in [-0.39, 0.29) is 0 Å². The highest BCUT2D eigenvalue weighted by Gasteiger charge is 2.22. The Kier molecular flexibility index (Phi) is 4.54. The monoisotopic (exact) mass is 278 g/mol. The molecular weight excluding hydrogens is 252 g/mol. The van der Waals surface area contributed by atoms with E-state index < -0.39 is 0 Å². The second kappa shape index (κ2) is 6.36. The molecule has 19 heavy (non-hydrogen) atoms. The highest BCUT2D eigenvalue weighted by molar-refractivity contribution is 7.11. The Bertz CT molecular complexity index is 401. The van der Waals surface area contributed by atoms with Gasteiger partial charge in [-0.3, -0.25) is 0 Å². The molecule has 2 fully saturated rings. The van der Waals surface area contributed by atoms with Crippen LogP contribution in [0.4, 0.5) is 0 Å². The third-order valence-electron chi connectivity index (χ3n) is 4.49. The molecule has 3 heteroatoms. The molecule has 106 valence electrons. The van der Waals surface area contributed by atoms with Gasteiger partial charge in [-0.25, -0.2) is 4.98 Å². The van der Waals surface area contributed by atoms with Crippen LogP contribution >= 0.6 is 11.3 Å². The van der Waals surface area contributed by atoms with Crippen LogP contribution in [0.25, 0.3) is 0 Å². The van der Waals surface area contributed by atoms with Gasteiger partial charge in [-0.15, -0.1) is 11.3 Å². The minimum atomic E-state index is 0.749. The number of thiazole rings is 1. The fourth-order valence-corrected chi connectivity index (χ4v) is 4.20. The van der Waals surface area contributed by atoms with Crippen molar-refractivity contribution >= 4 is 11.3 Å². The maximum atomic E-state index is 4.88. The van der Waals surface area contributed by atoms with Crippen LogP contribution in [0.2, 0.25) is 0 Å². The van der Waals surface area contributed by atoms with Gasteiger partial charge >= 0.3 is 0 Å². The van der Waals surface area contributed by atoms with Crippen molar-refractivity contribution in [2.24, 2.45) is 0 Å². The summed E-state index contributed by atoms with van der Waals surface area (Å²) in [5.74, 6) is 0.749. The summed E-state index contributed by atoms with van der Waals surface area (Å²) in [7, 11) is 0. The lowest BCUT2D eigenvalue weighted by Gasteiger charge is -2.17. The molecule has 0 spiro atoms. The highest BCUT2D eigenvalue weighted by atomic mass is 32.1. The van der Waals surface area contributed by atoms with E-state index in [0.717, 1.165) is 18.5 Å². The van der Waals surface area contributed by atoms with Crippen molar-refractivity contribution in [2.75, 3.05) is 0 Å². The van der Waals surface area contributed by atoms with E-state index in [1.165, 1.54) is 73.4 Å². The minimum Gasteiger partial charge on any atom is -0.309 e. The molecule has 1 heterocycles. The molecule has 1 N–H and O–H groups in total. The van der Waals surface area contributed by atoms with Crippen molar-refractivity contribution in [1.82, 2.24) is 10.3 Å². The second-order valence-corrected chi connectivity index (χ2v) is 7.37. The number of aromatic nitrogens is 1. The predicted molar refractivity (Wildman–Crippen MR) is 81.8 cm³/mol. The van der Waals surface area contributed by atoms with E-state index >= 15 is 0 Å². The van der Waals surface area contributed by atoms with Gasteiger partial charge in [0.2, 0.25) is 0 Å². The quantitative estimate of drug-likeness (QED) is 0.875. The van der Waals surface area contributed by atoms with Crippen molar-refractivity contribution < 1.29 is 0 Å². The first-order chi connectivity index (χ1) is 9.33. The SMILES string of the molecule is Cc1nc(C2CCCCCCC2)sc1CNC1CC1. The molecule has 0 bridgehead atoms. The number of hydrogen-bond acceptors (Lipinski definition) is 3. The Labute approximate surface area is 121 Å². The minimum absolute atomic E-state index is 0.749. The lowest BCUT2D eigenvalue weighted by molar-refractivity contribution is 0.454. The molecule has 1 aromatic heterocycles. The van der Waals surface area contributed by atoms with Crippen LogP contribution in [0.5, 0.6) is 0 Å². The maximum absolute atomic E-state index is 4.88. The molecule has 0 amide bonds. The lowest BCUT2D eigenvalue weighted by atomic mass is 9.92. The number of hydrogen-bond donors (Lipinski definition) is 1. The van der Waals surface area contributed by atoms with Crippen molar-refractivity contribution in [3.63, 3.8) is 0 Å². The Morgan fingerprint density at radius 1 is 1.05 bits per heavy atom. The number of rotatable bonds is 4. The molecule has 1 aromatic rings. The second-order valence-electron chi connectivity index (χ2n) is 6.26. The van der Waals surface area contributed by atoms with Gasteiger partial charge in [-0.05, 0) is 32.6 Å². The molecular formula is C16H26N2S. The van der Waals surface area contributed by atoms with Gasteiger partial charge < -0.3 is 5.32 Å². The third kappa shape index (κ3) is 3.79. The van der Waals surface area contributed by atoms with Crippen molar-refractivity contribution in [2.45, 2.75) is 83.2 Å². The normalized spacial score (nSPS) is 22.2. The number of nitrogens with one attached hydrogen (secondary N) is 1. The summed E-state index contributed by atoms with van der Waals surface area (Å²) >= 11 is 1.98. The summed E-state index contributed by atoms with van der Waals surface area (Å²) in [5, 5.41) is 5.05. The van der Waals surface area contributed by atoms with E-state index in [1.807, 2.05) is 11.3 Å². The van der Waals surface area contributed by atoms with Crippen LogP contribution in [0, 0.1) is 6.92 Å². The van der Waals surface area contributed by atoms with Gasteiger partial charge in [-0.2, -0.15) is 0 Å². The molecule has 0 aliphatic heterocycles. The first-order valence-electron chi connectivity index (χ1n) is 8.02. The van der Waals surface area contributed by atoms with Gasteiger partial charge in [0.25, 0.3) is 0 Å². The van der Waals surface area contributed by atoms with Crippen molar-refractivity contribution in [3.05, 3.63) is 15.6 Å². The topological polar surface area (TPSA) is 24.9 Å². The Morgan fingerprint density at radius 3 is 2.42 bits per heavy atom. The Balaban J connectivity index is 1.63. The van der Waals surface area contributed by atoms with E-state index in [2.05, 4.69) is 12.2 Å². The predicted octanol–water partition coefficient (Wildman–Crippen LogP) is 4.53. The standard InChI is InChI=1S/C16H26N2S/c1-12-15(11-17-14-9-10-14)19-16(18-12)13-7-5-3-2-4-6-8-13/h13-14,17H,2-11H2,1H3. The lowest BCUT2D eigenvalue weighted by Crippen LogP contribution is -2.14. The van der Waals surface area contributed by atoms with Crippen molar-refractivity contribution in [3.8, 4) is 0 Å². The number of aryl methyl sites for hydroxylation is 1. The fraction of sp³-hybridized carbons (Fsp3) is 0.812. The maximum Gasteiger partial charge on any atom is 0.0962 e. The Hall–Kier alpha value is -0.410. The van der Waals surface area contributed by atoms with Crippen molar-refractivity contribution in [1.29, 1.82) is 0 Å². The molecule has 2 aliphatic rings. The van der Waals surface area contributed by atoms with Crippen LogP contribution in [-0.4, -0.2) is 11.0 Å². The van der Waals surface area contributed by atoms with Gasteiger partial charge in [0.05, 0.1) is 10.7 Å². The van der Waals surface area contributed by atoms with Gasteiger partial charge in [0.15, 0.2) is 0 Å². The number of nitrogens with zero attached hydrogens (tertiary/aromatic N) is 1. The Morgan fingerprint density at radius 2 is 1.74 bits per heavy atom. The summed E-state index contributed by atoms with van der Waals surface area (Å²) < 4.78 is 0. The average molecular weight is 278 g/mol. The molecule has 0 radical (unpaired) electrons. The molecule has 2 nitrogen and oxygen atoms in total. The zero-order valence-electron chi connectivity index (χ0n) is 12.1. The smallest absolute Gasteiger partial charge is 0.0962 e. The van der Waals surface area contributed by atoms with Gasteiger partial charge in [-0.1, -0.05) is 32.1 Å². The summed E-state index contributed by atoms with van der Waals surface area (Å²) in [4.78, 5) is 6.36. The molecule has 2 saturated carbocycles. The summed E-state index contributed by atoms with van der Waals surface area (Å²) in [6.45, 7) is 3.23. The van der Waals surface area contributed by atoms with Gasteiger partial charge in [0.1, 0.15) is 0 Å². The third-order valence-corrected chi connectivity index (χ3v) is 5.81. The zero-order chi connectivity index (χ0) is 13.1. The fourth-order valence-electron chi connectivity index (χ4n) is 3.02. The van der Waals surface area contributed by atoms with E-state index in [9.17, 15) is 0 Å². The largest absolute Gasteiger partial charge is 0.309 e. The van der Waals surface area contributed by atoms with E-state index in [4.69, 9.17) is 4.98 Å². The molecule has 0 saturated heterocycles. The highest BCUT2D eigenvalue weighted by Crippen LogP contribution is 2.34. The van der Waals surface area contributed by atoms with Crippen LogP contribution in [0.1, 0.15) is 79.3 Å².